The summed E-state index contributed by atoms with van der Waals surface area (Å²) in [6, 6.07) is 18.1. The predicted octanol–water partition coefficient (Wildman–Crippen LogP) is 3.25. The third-order valence-electron chi connectivity index (χ3n) is 4.24. The van der Waals surface area contributed by atoms with Crippen LogP contribution in [0.2, 0.25) is 0 Å². The number of aromatic nitrogens is 2. The minimum Gasteiger partial charge on any atom is -0.344 e. The van der Waals surface area contributed by atoms with Crippen LogP contribution < -0.4 is 5.48 Å². The Labute approximate surface area is 164 Å². The van der Waals surface area contributed by atoms with E-state index in [1.165, 1.54) is 6.08 Å². The Kier molecular flexibility index (Phi) is 6.37. The van der Waals surface area contributed by atoms with Gasteiger partial charge in [-0.1, -0.05) is 54.6 Å². The number of carbonyl (C=O) groups excluding carboxylic acids is 1. The highest BCUT2D eigenvalue weighted by atomic mass is 16.5. The van der Waals surface area contributed by atoms with Crippen molar-refractivity contribution in [2.75, 3.05) is 14.1 Å². The van der Waals surface area contributed by atoms with Crippen LogP contribution in [0.4, 0.5) is 0 Å². The first-order valence-electron chi connectivity index (χ1n) is 9.04. The number of imidazole rings is 1. The molecule has 1 aromatic heterocycles. The molecule has 0 saturated heterocycles. The largest absolute Gasteiger partial charge is 0.344 e. The van der Waals surface area contributed by atoms with E-state index in [4.69, 9.17) is 10.2 Å². The van der Waals surface area contributed by atoms with E-state index in [0.29, 0.717) is 6.42 Å². The van der Waals surface area contributed by atoms with Gasteiger partial charge >= 0.3 is 0 Å². The fraction of sp³-hybridized carbons (Fsp3) is 0.182. The normalized spacial score (nSPS) is 11.3. The second-order valence-corrected chi connectivity index (χ2v) is 6.84. The van der Waals surface area contributed by atoms with Gasteiger partial charge in [-0.25, -0.2) is 10.5 Å². The van der Waals surface area contributed by atoms with Crippen molar-refractivity contribution in [1.82, 2.24) is 20.3 Å². The molecule has 28 heavy (non-hydrogen) atoms. The Bertz CT molecular complexity index is 944. The van der Waals surface area contributed by atoms with Gasteiger partial charge in [-0.3, -0.25) is 10.0 Å². The average molecular weight is 376 g/mol. The number of rotatable bonds is 7. The molecule has 0 atom stereocenters. The van der Waals surface area contributed by atoms with E-state index in [-0.39, 0.29) is 0 Å². The highest BCUT2D eigenvalue weighted by Crippen LogP contribution is 2.23. The summed E-state index contributed by atoms with van der Waals surface area (Å²) in [6.45, 7) is 0.786. The van der Waals surface area contributed by atoms with Crippen LogP contribution in [0.15, 0.2) is 60.7 Å². The molecule has 0 aliphatic heterocycles. The van der Waals surface area contributed by atoms with Crippen molar-refractivity contribution in [2.45, 2.75) is 13.0 Å². The SMILES string of the molecule is CN(C)Cc1[nH]c(Cc2ccc(C=CC(=O)NO)cc2)nc1-c1ccccc1. The molecule has 0 aliphatic carbocycles. The molecule has 0 saturated carbocycles. The molecule has 3 aromatic rings. The molecular formula is C22H24N4O2. The van der Waals surface area contributed by atoms with E-state index in [0.717, 1.165) is 40.4 Å². The predicted molar refractivity (Wildman–Crippen MR) is 110 cm³/mol. The number of aromatic amines is 1. The van der Waals surface area contributed by atoms with Crippen molar-refractivity contribution in [1.29, 1.82) is 0 Å². The van der Waals surface area contributed by atoms with E-state index in [9.17, 15) is 4.79 Å². The summed E-state index contributed by atoms with van der Waals surface area (Å²) in [5, 5.41) is 8.52. The third-order valence-corrected chi connectivity index (χ3v) is 4.24. The van der Waals surface area contributed by atoms with Crippen LogP contribution in [-0.4, -0.2) is 40.1 Å². The molecule has 0 bridgehead atoms. The zero-order chi connectivity index (χ0) is 19.9. The van der Waals surface area contributed by atoms with Crippen molar-refractivity contribution in [3.8, 4) is 11.3 Å². The lowest BCUT2D eigenvalue weighted by Gasteiger charge is -2.09. The van der Waals surface area contributed by atoms with Gasteiger partial charge in [0, 0.05) is 24.6 Å². The molecule has 0 aliphatic rings. The Hall–Kier alpha value is -3.22. The van der Waals surface area contributed by atoms with Crippen LogP contribution in [0.25, 0.3) is 17.3 Å². The van der Waals surface area contributed by atoms with Gasteiger partial charge in [0.1, 0.15) is 5.82 Å². The molecule has 1 heterocycles. The first-order chi connectivity index (χ1) is 13.5. The molecule has 6 heteroatoms. The first kappa shape index (κ1) is 19.5. The van der Waals surface area contributed by atoms with Gasteiger partial charge in [0.05, 0.1) is 11.4 Å². The van der Waals surface area contributed by atoms with Gasteiger partial charge in [-0.05, 0) is 31.3 Å². The fourth-order valence-corrected chi connectivity index (χ4v) is 2.96. The van der Waals surface area contributed by atoms with Crippen LogP contribution >= 0.6 is 0 Å². The van der Waals surface area contributed by atoms with E-state index in [1.54, 1.807) is 11.6 Å². The zero-order valence-electron chi connectivity index (χ0n) is 16.0. The number of carbonyl (C=O) groups is 1. The monoisotopic (exact) mass is 376 g/mol. The van der Waals surface area contributed by atoms with Crippen LogP contribution in [0.1, 0.15) is 22.6 Å². The van der Waals surface area contributed by atoms with Gasteiger partial charge in [0.2, 0.25) is 0 Å². The maximum Gasteiger partial charge on any atom is 0.267 e. The van der Waals surface area contributed by atoms with Crippen molar-refractivity contribution < 1.29 is 10.0 Å². The number of hydrogen-bond acceptors (Lipinski definition) is 4. The van der Waals surface area contributed by atoms with Crippen LogP contribution in [0.5, 0.6) is 0 Å². The van der Waals surface area contributed by atoms with E-state index < -0.39 is 5.91 Å². The fourth-order valence-electron chi connectivity index (χ4n) is 2.96. The topological polar surface area (TPSA) is 81.2 Å². The number of nitrogens with one attached hydrogen (secondary N) is 2. The lowest BCUT2D eigenvalue weighted by molar-refractivity contribution is -0.124. The second-order valence-electron chi connectivity index (χ2n) is 6.84. The molecule has 3 rings (SSSR count). The molecule has 1 amide bonds. The Balaban J connectivity index is 1.79. The summed E-state index contributed by atoms with van der Waals surface area (Å²) in [4.78, 5) is 21.5. The molecule has 6 nitrogen and oxygen atoms in total. The summed E-state index contributed by atoms with van der Waals surface area (Å²) in [5.41, 5.74) is 6.76. The van der Waals surface area contributed by atoms with Crippen molar-refractivity contribution in [2.24, 2.45) is 0 Å². The number of nitrogens with zero attached hydrogens (tertiary/aromatic N) is 2. The quantitative estimate of drug-likeness (QED) is 0.336. The van der Waals surface area contributed by atoms with Gasteiger partial charge in [-0.15, -0.1) is 0 Å². The van der Waals surface area contributed by atoms with Crippen LogP contribution in [0, 0.1) is 0 Å². The molecule has 0 radical (unpaired) electrons. The minimum atomic E-state index is -0.554. The van der Waals surface area contributed by atoms with Crippen molar-refractivity contribution in [3.63, 3.8) is 0 Å². The lowest BCUT2D eigenvalue weighted by Crippen LogP contribution is -2.14. The first-order valence-corrected chi connectivity index (χ1v) is 9.04. The maximum atomic E-state index is 11.1. The molecule has 0 spiro atoms. The summed E-state index contributed by atoms with van der Waals surface area (Å²) >= 11 is 0. The average Bonchev–Trinajstić information content (AvgIpc) is 3.09. The maximum absolute atomic E-state index is 11.1. The third kappa shape index (κ3) is 5.16. The lowest BCUT2D eigenvalue weighted by atomic mass is 10.1. The van der Waals surface area contributed by atoms with Crippen molar-refractivity contribution in [3.05, 3.63) is 83.3 Å². The summed E-state index contributed by atoms with van der Waals surface area (Å²) < 4.78 is 0. The second kappa shape index (κ2) is 9.12. The summed E-state index contributed by atoms with van der Waals surface area (Å²) in [5.74, 6) is 0.361. The molecule has 0 unspecified atom stereocenters. The van der Waals surface area contributed by atoms with Gasteiger partial charge in [-0.2, -0.15) is 0 Å². The van der Waals surface area contributed by atoms with Crippen LogP contribution in [0.3, 0.4) is 0 Å². The minimum absolute atomic E-state index is 0.554. The molecule has 2 aromatic carbocycles. The molecule has 144 valence electrons. The van der Waals surface area contributed by atoms with E-state index in [2.05, 4.69) is 22.0 Å². The number of hydroxylamine groups is 1. The Morgan fingerprint density at radius 1 is 1.14 bits per heavy atom. The standard InChI is InChI=1S/C22H24N4O2/c1-26(2)15-19-22(18-6-4-3-5-7-18)24-20(23-19)14-17-10-8-16(9-11-17)12-13-21(27)25-28/h3-13,28H,14-15H2,1-2H3,(H,23,24)(H,25,27). The number of hydrogen-bond donors (Lipinski definition) is 3. The molecule has 0 fully saturated rings. The van der Waals surface area contributed by atoms with Gasteiger partial charge < -0.3 is 9.88 Å². The van der Waals surface area contributed by atoms with Gasteiger partial charge in [0.15, 0.2) is 0 Å². The van der Waals surface area contributed by atoms with Crippen molar-refractivity contribution >= 4 is 12.0 Å². The smallest absolute Gasteiger partial charge is 0.267 e. The van der Waals surface area contributed by atoms with Gasteiger partial charge in [0.25, 0.3) is 5.91 Å². The number of H-pyrrole nitrogens is 1. The van der Waals surface area contributed by atoms with E-state index in [1.807, 2.05) is 56.6 Å². The Morgan fingerprint density at radius 3 is 2.50 bits per heavy atom. The Morgan fingerprint density at radius 2 is 1.86 bits per heavy atom. The van der Waals surface area contributed by atoms with E-state index >= 15 is 0 Å². The molecule has 3 N–H and O–H groups in total. The number of benzene rings is 2. The van der Waals surface area contributed by atoms with Crippen LogP contribution in [-0.2, 0) is 17.8 Å². The summed E-state index contributed by atoms with van der Waals surface area (Å²) in [6.07, 6.45) is 3.61. The highest BCUT2D eigenvalue weighted by Gasteiger charge is 2.13. The molecular weight excluding hydrogens is 352 g/mol. The highest BCUT2D eigenvalue weighted by molar-refractivity contribution is 5.90. The number of amides is 1. The summed E-state index contributed by atoms with van der Waals surface area (Å²) in [7, 11) is 4.08. The zero-order valence-corrected chi connectivity index (χ0v) is 16.0.